The molecule has 0 fully saturated rings. The van der Waals surface area contributed by atoms with Gasteiger partial charge in [-0.1, -0.05) is 34.1 Å². The Labute approximate surface area is 169 Å². The molecule has 0 saturated carbocycles. The van der Waals surface area contributed by atoms with E-state index in [0.29, 0.717) is 11.4 Å². The number of allylic oxidation sites excluding steroid dienone is 1. The van der Waals surface area contributed by atoms with Crippen molar-refractivity contribution in [3.8, 4) is 0 Å². The van der Waals surface area contributed by atoms with Gasteiger partial charge in [-0.2, -0.15) is 0 Å². The third kappa shape index (κ3) is 3.50. The molecule has 7 nitrogen and oxygen atoms in total. The van der Waals surface area contributed by atoms with Crippen molar-refractivity contribution in [1.29, 1.82) is 0 Å². The van der Waals surface area contributed by atoms with Crippen LogP contribution in [0.2, 0.25) is 0 Å². The molecule has 2 aromatic carbocycles. The maximum atomic E-state index is 12.9. The van der Waals surface area contributed by atoms with E-state index < -0.39 is 24.0 Å². The first kappa shape index (κ1) is 19.6. The summed E-state index contributed by atoms with van der Waals surface area (Å²) in [5.41, 5.74) is 1.95. The molecule has 0 bridgehead atoms. The number of anilines is 1. The van der Waals surface area contributed by atoms with Gasteiger partial charge in [0.1, 0.15) is 0 Å². The molecular formula is C20H17BrN2O5. The Balaban J connectivity index is 2.12. The first-order chi connectivity index (χ1) is 13.3. The summed E-state index contributed by atoms with van der Waals surface area (Å²) in [6.45, 7) is 1.65. The molecule has 0 saturated heterocycles. The molecule has 1 aliphatic rings. The van der Waals surface area contributed by atoms with Gasteiger partial charge < -0.3 is 15.2 Å². The molecule has 28 heavy (non-hydrogen) atoms. The maximum absolute atomic E-state index is 12.9. The number of carbonyl (C=O) groups is 3. The Morgan fingerprint density at radius 1 is 1.14 bits per heavy atom. The summed E-state index contributed by atoms with van der Waals surface area (Å²) >= 11 is 3.46. The van der Waals surface area contributed by atoms with Crippen LogP contribution in [-0.4, -0.2) is 30.2 Å². The van der Waals surface area contributed by atoms with Crippen molar-refractivity contribution in [3.05, 3.63) is 75.4 Å². The van der Waals surface area contributed by atoms with E-state index in [-0.39, 0.29) is 11.1 Å². The minimum absolute atomic E-state index is 0.0992. The van der Waals surface area contributed by atoms with Gasteiger partial charge in [0.15, 0.2) is 0 Å². The lowest BCUT2D eigenvalue weighted by molar-refractivity contribution is -0.136. The number of aromatic carboxylic acids is 1. The highest BCUT2D eigenvalue weighted by Crippen LogP contribution is 2.36. The van der Waals surface area contributed by atoms with Gasteiger partial charge >= 0.3 is 18.0 Å². The lowest BCUT2D eigenvalue weighted by Gasteiger charge is -2.35. The summed E-state index contributed by atoms with van der Waals surface area (Å²) in [6, 6.07) is 12.0. The van der Waals surface area contributed by atoms with Gasteiger partial charge in [-0.15, -0.1) is 0 Å². The number of halogens is 1. The van der Waals surface area contributed by atoms with Gasteiger partial charge in [0, 0.05) is 10.2 Å². The third-order valence-corrected chi connectivity index (χ3v) is 5.20. The summed E-state index contributed by atoms with van der Waals surface area (Å²) in [5.74, 6) is -1.63. The molecule has 0 aromatic heterocycles. The summed E-state index contributed by atoms with van der Waals surface area (Å²) in [5, 5.41) is 11.9. The minimum Gasteiger partial charge on any atom is -0.478 e. The predicted molar refractivity (Wildman–Crippen MR) is 106 cm³/mol. The number of carbonyl (C=O) groups excluding carboxylic acids is 2. The SMILES string of the molecule is COC(=O)C1=C(C)N(c2ccc(C(=O)O)cc2)C(=O)NC1c1ccccc1Br. The maximum Gasteiger partial charge on any atom is 0.337 e. The minimum atomic E-state index is -1.06. The van der Waals surface area contributed by atoms with Crippen LogP contribution in [0.1, 0.15) is 28.9 Å². The zero-order valence-electron chi connectivity index (χ0n) is 15.1. The normalized spacial score (nSPS) is 16.6. The number of methoxy groups -OCH3 is 1. The highest BCUT2D eigenvalue weighted by Gasteiger charge is 2.37. The fourth-order valence-corrected chi connectivity index (χ4v) is 3.64. The van der Waals surface area contributed by atoms with Crippen molar-refractivity contribution < 1.29 is 24.2 Å². The van der Waals surface area contributed by atoms with E-state index in [9.17, 15) is 14.4 Å². The standard InChI is InChI=1S/C20H17BrN2O5/c1-11-16(19(26)28-2)17(14-5-3-4-6-15(14)21)22-20(27)23(11)13-9-7-12(8-10-13)18(24)25/h3-10,17H,1-2H3,(H,22,27)(H,24,25). The van der Waals surface area contributed by atoms with Gasteiger partial charge in [0.05, 0.1) is 30.0 Å². The Morgan fingerprint density at radius 2 is 1.79 bits per heavy atom. The highest BCUT2D eigenvalue weighted by atomic mass is 79.9. The summed E-state index contributed by atoms with van der Waals surface area (Å²) in [6.07, 6.45) is 0. The lowest BCUT2D eigenvalue weighted by atomic mass is 9.94. The monoisotopic (exact) mass is 444 g/mol. The first-order valence-electron chi connectivity index (χ1n) is 8.32. The zero-order valence-corrected chi connectivity index (χ0v) is 16.7. The van der Waals surface area contributed by atoms with Crippen LogP contribution in [0, 0.1) is 0 Å². The van der Waals surface area contributed by atoms with E-state index in [0.717, 1.165) is 10.0 Å². The smallest absolute Gasteiger partial charge is 0.337 e. The number of nitrogens with one attached hydrogen (secondary N) is 1. The van der Waals surface area contributed by atoms with Crippen LogP contribution in [0.15, 0.2) is 64.3 Å². The molecule has 3 rings (SSSR count). The number of hydrogen-bond donors (Lipinski definition) is 2. The fraction of sp³-hybridized carbons (Fsp3) is 0.150. The largest absolute Gasteiger partial charge is 0.478 e. The Hall–Kier alpha value is -3.13. The van der Waals surface area contributed by atoms with Crippen molar-refractivity contribution >= 4 is 39.6 Å². The third-order valence-electron chi connectivity index (χ3n) is 4.48. The molecule has 0 spiro atoms. The number of rotatable bonds is 4. The number of amides is 2. The second-order valence-corrected chi connectivity index (χ2v) is 6.94. The van der Waals surface area contributed by atoms with Crippen molar-refractivity contribution in [2.24, 2.45) is 0 Å². The number of carboxylic acid groups (broad SMARTS) is 1. The van der Waals surface area contributed by atoms with Crippen LogP contribution in [0.3, 0.4) is 0 Å². The topological polar surface area (TPSA) is 95.9 Å². The van der Waals surface area contributed by atoms with E-state index in [1.54, 1.807) is 6.92 Å². The molecule has 2 aromatic rings. The molecular weight excluding hydrogens is 428 g/mol. The number of ether oxygens (including phenoxy) is 1. The van der Waals surface area contributed by atoms with E-state index >= 15 is 0 Å². The Bertz CT molecular complexity index is 984. The molecule has 1 heterocycles. The van der Waals surface area contributed by atoms with Crippen LogP contribution < -0.4 is 10.2 Å². The lowest BCUT2D eigenvalue weighted by Crippen LogP contribution is -2.48. The average Bonchev–Trinajstić information content (AvgIpc) is 2.68. The van der Waals surface area contributed by atoms with Crippen LogP contribution in [-0.2, 0) is 9.53 Å². The van der Waals surface area contributed by atoms with Gasteiger partial charge in [0.25, 0.3) is 0 Å². The predicted octanol–water partition coefficient (Wildman–Crippen LogP) is 3.87. The highest BCUT2D eigenvalue weighted by molar-refractivity contribution is 9.10. The number of benzene rings is 2. The molecule has 0 radical (unpaired) electrons. The molecule has 1 atom stereocenters. The van der Waals surface area contributed by atoms with Gasteiger partial charge in [0.2, 0.25) is 0 Å². The quantitative estimate of drug-likeness (QED) is 0.697. The average molecular weight is 445 g/mol. The Kier molecular flexibility index (Phi) is 5.51. The first-order valence-corrected chi connectivity index (χ1v) is 9.12. The number of urea groups is 1. The van der Waals surface area contributed by atoms with E-state index in [1.165, 1.54) is 36.3 Å². The molecule has 2 N–H and O–H groups in total. The number of hydrogen-bond acceptors (Lipinski definition) is 4. The molecule has 1 unspecified atom stereocenters. The summed E-state index contributed by atoms with van der Waals surface area (Å²) in [4.78, 5) is 37.8. The van der Waals surface area contributed by atoms with Gasteiger partial charge in [-0.25, -0.2) is 14.4 Å². The van der Waals surface area contributed by atoms with Crippen molar-refractivity contribution in [3.63, 3.8) is 0 Å². The van der Waals surface area contributed by atoms with E-state index in [2.05, 4.69) is 21.2 Å². The van der Waals surface area contributed by atoms with E-state index in [4.69, 9.17) is 9.84 Å². The fourth-order valence-electron chi connectivity index (χ4n) is 3.12. The van der Waals surface area contributed by atoms with E-state index in [1.807, 2.05) is 24.3 Å². The van der Waals surface area contributed by atoms with Gasteiger partial charge in [-0.05, 0) is 42.8 Å². The zero-order chi connectivity index (χ0) is 20.4. The number of esters is 1. The van der Waals surface area contributed by atoms with Gasteiger partial charge in [-0.3, -0.25) is 4.90 Å². The number of carboxylic acids is 1. The molecule has 8 heteroatoms. The Morgan fingerprint density at radius 3 is 2.36 bits per heavy atom. The van der Waals surface area contributed by atoms with Crippen molar-refractivity contribution in [1.82, 2.24) is 5.32 Å². The number of nitrogens with zero attached hydrogens (tertiary/aromatic N) is 1. The molecule has 1 aliphatic heterocycles. The molecule has 0 aliphatic carbocycles. The second kappa shape index (κ2) is 7.85. The summed E-state index contributed by atoms with van der Waals surface area (Å²) in [7, 11) is 1.28. The van der Waals surface area contributed by atoms with Crippen LogP contribution in [0.4, 0.5) is 10.5 Å². The second-order valence-electron chi connectivity index (χ2n) is 6.08. The van der Waals surface area contributed by atoms with Crippen molar-refractivity contribution in [2.75, 3.05) is 12.0 Å². The molecule has 2 amide bonds. The summed E-state index contributed by atoms with van der Waals surface area (Å²) < 4.78 is 5.70. The van der Waals surface area contributed by atoms with Crippen LogP contribution in [0.5, 0.6) is 0 Å². The van der Waals surface area contributed by atoms with Crippen LogP contribution >= 0.6 is 15.9 Å². The van der Waals surface area contributed by atoms with Crippen molar-refractivity contribution in [2.45, 2.75) is 13.0 Å². The van der Waals surface area contributed by atoms with Crippen LogP contribution in [0.25, 0.3) is 0 Å². The molecule has 144 valence electrons.